The van der Waals surface area contributed by atoms with Crippen LogP contribution in [0.3, 0.4) is 0 Å². The van der Waals surface area contributed by atoms with E-state index >= 15 is 0 Å². The standard InChI is InChI=1S/C16H13F2N7S2/c17-14(18)15-21-19-11-5-6-13(23-25(11)15)27-16-22-20-12(24(16)9-3-4-9)8-10-2-1-7-26-10/h1-2,5-7,9,14H,3-4,8H2. The van der Waals surface area contributed by atoms with Crippen LogP contribution >= 0.6 is 23.1 Å². The predicted molar refractivity (Wildman–Crippen MR) is 95.3 cm³/mol. The first-order chi connectivity index (χ1) is 13.2. The van der Waals surface area contributed by atoms with E-state index < -0.39 is 12.2 Å². The van der Waals surface area contributed by atoms with Crippen LogP contribution in [-0.2, 0) is 6.42 Å². The fourth-order valence-corrected chi connectivity index (χ4v) is 4.42. The van der Waals surface area contributed by atoms with Crippen molar-refractivity contribution < 1.29 is 8.78 Å². The summed E-state index contributed by atoms with van der Waals surface area (Å²) < 4.78 is 29.3. The van der Waals surface area contributed by atoms with E-state index in [1.807, 2.05) is 11.4 Å². The van der Waals surface area contributed by atoms with E-state index in [0.29, 0.717) is 11.1 Å². The van der Waals surface area contributed by atoms with Gasteiger partial charge in [0.2, 0.25) is 5.82 Å². The van der Waals surface area contributed by atoms with E-state index in [4.69, 9.17) is 0 Å². The molecule has 7 nitrogen and oxygen atoms in total. The summed E-state index contributed by atoms with van der Waals surface area (Å²) in [5.74, 6) is 0.454. The van der Waals surface area contributed by atoms with Crippen LogP contribution in [0.4, 0.5) is 8.78 Å². The summed E-state index contributed by atoms with van der Waals surface area (Å²) in [5, 5.41) is 23.5. The Morgan fingerprint density at radius 2 is 2.04 bits per heavy atom. The molecule has 0 radical (unpaired) electrons. The van der Waals surface area contributed by atoms with Gasteiger partial charge < -0.3 is 4.57 Å². The second kappa shape index (κ2) is 6.64. The van der Waals surface area contributed by atoms with Crippen LogP contribution in [0.1, 0.15) is 41.8 Å². The molecule has 0 aliphatic heterocycles. The first-order valence-electron chi connectivity index (χ1n) is 8.33. The lowest BCUT2D eigenvalue weighted by atomic mass is 10.3. The summed E-state index contributed by atoms with van der Waals surface area (Å²) in [6, 6.07) is 7.85. The number of aromatic nitrogens is 7. The molecule has 11 heteroatoms. The van der Waals surface area contributed by atoms with Gasteiger partial charge in [0, 0.05) is 17.3 Å². The third kappa shape index (κ3) is 3.21. The lowest BCUT2D eigenvalue weighted by Crippen LogP contribution is -2.04. The van der Waals surface area contributed by atoms with Crippen molar-refractivity contribution in [1.29, 1.82) is 0 Å². The van der Waals surface area contributed by atoms with Crippen molar-refractivity contribution in [1.82, 2.24) is 34.6 Å². The molecular formula is C16H13F2N7S2. The van der Waals surface area contributed by atoms with Crippen molar-refractivity contribution in [3.8, 4) is 0 Å². The zero-order chi connectivity index (χ0) is 18.4. The Bertz CT molecular complexity index is 1090. The maximum absolute atomic E-state index is 13.1. The molecule has 0 aromatic carbocycles. The molecule has 0 saturated heterocycles. The summed E-state index contributed by atoms with van der Waals surface area (Å²) in [7, 11) is 0. The zero-order valence-corrected chi connectivity index (χ0v) is 15.5. The highest BCUT2D eigenvalue weighted by Gasteiger charge is 2.30. The molecule has 1 fully saturated rings. The van der Waals surface area contributed by atoms with Gasteiger partial charge in [0.1, 0.15) is 10.9 Å². The van der Waals surface area contributed by atoms with Gasteiger partial charge in [0.15, 0.2) is 10.8 Å². The minimum absolute atomic E-state index is 0.289. The number of halogens is 2. The number of rotatable bonds is 6. The lowest BCUT2D eigenvalue weighted by Gasteiger charge is -2.08. The molecule has 0 spiro atoms. The molecule has 1 aliphatic rings. The molecule has 0 atom stereocenters. The number of hydrogen-bond acceptors (Lipinski definition) is 7. The van der Waals surface area contributed by atoms with E-state index in [2.05, 4.69) is 36.1 Å². The molecule has 0 N–H and O–H groups in total. The van der Waals surface area contributed by atoms with Gasteiger partial charge in [0.25, 0.3) is 6.43 Å². The highest BCUT2D eigenvalue weighted by atomic mass is 32.2. The maximum Gasteiger partial charge on any atom is 0.299 e. The summed E-state index contributed by atoms with van der Waals surface area (Å²) in [6.45, 7) is 0. The summed E-state index contributed by atoms with van der Waals surface area (Å²) >= 11 is 3.01. The van der Waals surface area contributed by atoms with E-state index in [-0.39, 0.29) is 5.65 Å². The second-order valence-corrected chi connectivity index (χ2v) is 8.18. The Morgan fingerprint density at radius 3 is 2.78 bits per heavy atom. The first kappa shape index (κ1) is 16.8. The molecule has 4 heterocycles. The minimum Gasteiger partial charge on any atom is -0.302 e. The number of hydrogen-bond donors (Lipinski definition) is 0. The van der Waals surface area contributed by atoms with Crippen LogP contribution in [0.15, 0.2) is 39.8 Å². The highest BCUT2D eigenvalue weighted by molar-refractivity contribution is 7.99. The van der Waals surface area contributed by atoms with E-state index in [1.54, 1.807) is 23.5 Å². The van der Waals surface area contributed by atoms with E-state index in [1.165, 1.54) is 16.6 Å². The third-order valence-corrected chi connectivity index (χ3v) is 5.98. The summed E-state index contributed by atoms with van der Waals surface area (Å²) in [4.78, 5) is 1.23. The van der Waals surface area contributed by atoms with Crippen LogP contribution in [0.25, 0.3) is 5.65 Å². The van der Waals surface area contributed by atoms with Gasteiger partial charge in [-0.05, 0) is 48.2 Å². The fraction of sp³-hybridized carbons (Fsp3) is 0.312. The SMILES string of the molecule is FC(F)c1nnc2ccc(Sc3nnc(Cc4cccs4)n3C3CC3)nn12. The van der Waals surface area contributed by atoms with Crippen LogP contribution in [0, 0.1) is 0 Å². The van der Waals surface area contributed by atoms with Gasteiger partial charge in [-0.1, -0.05) is 6.07 Å². The van der Waals surface area contributed by atoms with Gasteiger partial charge in [-0.3, -0.25) is 0 Å². The maximum atomic E-state index is 13.1. The van der Waals surface area contributed by atoms with Gasteiger partial charge in [0.05, 0.1) is 0 Å². The summed E-state index contributed by atoms with van der Waals surface area (Å²) in [6.07, 6.45) is 0.183. The van der Waals surface area contributed by atoms with E-state index in [9.17, 15) is 8.78 Å². The highest BCUT2D eigenvalue weighted by Crippen LogP contribution is 2.40. The molecule has 0 unspecified atom stereocenters. The molecular weight excluding hydrogens is 392 g/mol. The Hall–Kier alpha value is -2.40. The van der Waals surface area contributed by atoms with Crippen molar-refractivity contribution in [2.24, 2.45) is 0 Å². The topological polar surface area (TPSA) is 73.8 Å². The van der Waals surface area contributed by atoms with E-state index in [0.717, 1.165) is 34.8 Å². The van der Waals surface area contributed by atoms with Crippen LogP contribution in [-0.4, -0.2) is 34.6 Å². The molecule has 5 rings (SSSR count). The van der Waals surface area contributed by atoms with Crippen molar-refractivity contribution in [3.05, 3.63) is 46.2 Å². The Balaban J connectivity index is 1.47. The number of alkyl halides is 2. The van der Waals surface area contributed by atoms with Gasteiger partial charge >= 0.3 is 0 Å². The lowest BCUT2D eigenvalue weighted by molar-refractivity contribution is 0.137. The molecule has 4 aromatic heterocycles. The molecule has 1 aliphatic carbocycles. The molecule has 138 valence electrons. The number of fused-ring (bicyclic) bond motifs is 1. The van der Waals surface area contributed by atoms with Crippen molar-refractivity contribution >= 4 is 28.7 Å². The van der Waals surface area contributed by atoms with Crippen molar-refractivity contribution in [2.45, 2.75) is 41.9 Å². The Morgan fingerprint density at radius 1 is 1.15 bits per heavy atom. The Labute approximate surface area is 160 Å². The number of nitrogens with zero attached hydrogens (tertiary/aromatic N) is 7. The Kier molecular flexibility index (Phi) is 4.12. The van der Waals surface area contributed by atoms with Crippen molar-refractivity contribution in [2.75, 3.05) is 0 Å². The van der Waals surface area contributed by atoms with Crippen molar-refractivity contribution in [3.63, 3.8) is 0 Å². The summed E-state index contributed by atoms with van der Waals surface area (Å²) in [5.41, 5.74) is 0.289. The molecule has 0 bridgehead atoms. The zero-order valence-electron chi connectivity index (χ0n) is 13.9. The van der Waals surface area contributed by atoms with Crippen LogP contribution in [0.2, 0.25) is 0 Å². The van der Waals surface area contributed by atoms with Crippen LogP contribution < -0.4 is 0 Å². The predicted octanol–water partition coefficient (Wildman–Crippen LogP) is 3.79. The van der Waals surface area contributed by atoms with Gasteiger partial charge in [-0.15, -0.1) is 31.7 Å². The largest absolute Gasteiger partial charge is 0.302 e. The average molecular weight is 405 g/mol. The smallest absolute Gasteiger partial charge is 0.299 e. The second-order valence-electron chi connectivity index (χ2n) is 6.16. The molecule has 27 heavy (non-hydrogen) atoms. The van der Waals surface area contributed by atoms with Gasteiger partial charge in [-0.25, -0.2) is 8.78 Å². The fourth-order valence-electron chi connectivity index (χ4n) is 2.84. The number of thiophene rings is 1. The normalized spacial score (nSPS) is 14.5. The quantitative estimate of drug-likeness (QED) is 0.486. The molecule has 4 aromatic rings. The minimum atomic E-state index is -2.74. The molecule has 0 amide bonds. The van der Waals surface area contributed by atoms with Gasteiger partial charge in [-0.2, -0.15) is 9.61 Å². The monoisotopic (exact) mass is 405 g/mol. The first-order valence-corrected chi connectivity index (χ1v) is 10.0. The van der Waals surface area contributed by atoms with Crippen LogP contribution in [0.5, 0.6) is 0 Å². The molecule has 1 saturated carbocycles. The average Bonchev–Trinajstić information content (AvgIpc) is 3.06. The third-order valence-electron chi connectivity index (χ3n) is 4.21.